The number of aromatic nitrogens is 2. The standard InChI is InChI=1S/C21H26F3N3O3/c1-9-14-15(25-19(30)26-18(14)29)10(2)21(16(9)22,12-3-4-12)27-7-11-5-6-20(23,24)17(28)13(11)8-27/h10-13,17,28H,3-8H2,1-2H3,(H2,25,26,29,30). The third-order valence-electron chi connectivity index (χ3n) is 8.02. The van der Waals surface area contributed by atoms with Gasteiger partial charge >= 0.3 is 5.69 Å². The SMILES string of the molecule is CC1=C(F)C(C2CC2)(N2CC3CCC(F)(F)C(O)C3C2)C(C)c2[nH]c(=O)[nH]c(=O)c21. The largest absolute Gasteiger partial charge is 0.387 e. The number of aliphatic hydroxyl groups is 1. The number of alkyl halides is 2. The van der Waals surface area contributed by atoms with Crippen molar-refractivity contribution in [2.45, 2.75) is 63.0 Å². The van der Waals surface area contributed by atoms with Crippen molar-refractivity contribution in [1.29, 1.82) is 0 Å². The van der Waals surface area contributed by atoms with Gasteiger partial charge in [-0.05, 0) is 43.6 Å². The highest BCUT2D eigenvalue weighted by atomic mass is 19.3. The van der Waals surface area contributed by atoms with Crippen LogP contribution in [0.1, 0.15) is 56.7 Å². The second kappa shape index (κ2) is 6.32. The number of nitrogens with one attached hydrogen (secondary N) is 2. The van der Waals surface area contributed by atoms with Crippen LogP contribution in [0.4, 0.5) is 13.2 Å². The fourth-order valence-corrected chi connectivity index (χ4v) is 6.45. The predicted octanol–water partition coefficient (Wildman–Crippen LogP) is 2.37. The van der Waals surface area contributed by atoms with Crippen LogP contribution in [0.2, 0.25) is 0 Å². The summed E-state index contributed by atoms with van der Waals surface area (Å²) in [5.41, 5.74) is -1.62. The number of H-pyrrole nitrogens is 2. The molecule has 30 heavy (non-hydrogen) atoms. The summed E-state index contributed by atoms with van der Waals surface area (Å²) in [6, 6.07) is 0. The van der Waals surface area contributed by atoms with Crippen molar-refractivity contribution in [2.75, 3.05) is 13.1 Å². The van der Waals surface area contributed by atoms with Crippen LogP contribution < -0.4 is 11.2 Å². The van der Waals surface area contributed by atoms with Crippen molar-refractivity contribution in [3.63, 3.8) is 0 Å². The normalized spacial score (nSPS) is 38.5. The van der Waals surface area contributed by atoms with E-state index in [1.807, 2.05) is 4.90 Å². The molecule has 3 fully saturated rings. The summed E-state index contributed by atoms with van der Waals surface area (Å²) in [5, 5.41) is 10.3. The number of aliphatic hydroxyl groups excluding tert-OH is 1. The molecule has 5 unspecified atom stereocenters. The van der Waals surface area contributed by atoms with Gasteiger partial charge in [-0.1, -0.05) is 6.92 Å². The average Bonchev–Trinajstić information content (AvgIpc) is 3.42. The fraction of sp³-hybridized carbons (Fsp3) is 0.714. The molecule has 1 aliphatic heterocycles. The molecule has 0 bridgehead atoms. The molecule has 9 heteroatoms. The van der Waals surface area contributed by atoms with Crippen molar-refractivity contribution < 1.29 is 18.3 Å². The zero-order valence-corrected chi connectivity index (χ0v) is 17.0. The van der Waals surface area contributed by atoms with Gasteiger partial charge in [0, 0.05) is 37.0 Å². The second-order valence-corrected chi connectivity index (χ2v) is 9.53. The third kappa shape index (κ3) is 2.51. The van der Waals surface area contributed by atoms with Gasteiger partial charge in [-0.15, -0.1) is 0 Å². The minimum atomic E-state index is -3.13. The minimum absolute atomic E-state index is 0.0313. The number of allylic oxidation sites excluding steroid dienone is 1. The Labute approximate surface area is 171 Å². The Balaban J connectivity index is 1.64. The van der Waals surface area contributed by atoms with Gasteiger partial charge in [0.25, 0.3) is 11.5 Å². The van der Waals surface area contributed by atoms with Gasteiger partial charge in [0.2, 0.25) is 0 Å². The second-order valence-electron chi connectivity index (χ2n) is 9.53. The lowest BCUT2D eigenvalue weighted by molar-refractivity contribution is -0.161. The summed E-state index contributed by atoms with van der Waals surface area (Å²) in [4.78, 5) is 31.2. The first kappa shape index (κ1) is 20.1. The maximum Gasteiger partial charge on any atom is 0.325 e. The monoisotopic (exact) mass is 425 g/mol. The summed E-state index contributed by atoms with van der Waals surface area (Å²) in [6.45, 7) is 3.93. The van der Waals surface area contributed by atoms with Crippen molar-refractivity contribution in [2.24, 2.45) is 17.8 Å². The average molecular weight is 425 g/mol. The molecule has 1 aromatic heterocycles. The third-order valence-corrected chi connectivity index (χ3v) is 8.02. The molecule has 1 aromatic rings. The molecule has 5 atom stereocenters. The first-order valence-corrected chi connectivity index (χ1v) is 10.6. The Morgan fingerprint density at radius 2 is 1.83 bits per heavy atom. The van der Waals surface area contributed by atoms with E-state index >= 15 is 4.39 Å². The maximum absolute atomic E-state index is 16.2. The topological polar surface area (TPSA) is 89.2 Å². The van der Waals surface area contributed by atoms with Crippen LogP contribution >= 0.6 is 0 Å². The van der Waals surface area contributed by atoms with E-state index in [0.717, 1.165) is 12.8 Å². The molecule has 3 N–H and O–H groups in total. The van der Waals surface area contributed by atoms with E-state index in [-0.39, 0.29) is 42.4 Å². The predicted molar refractivity (Wildman–Crippen MR) is 104 cm³/mol. The molecule has 0 aromatic carbocycles. The first-order valence-electron chi connectivity index (χ1n) is 10.6. The number of rotatable bonds is 2. The zero-order valence-electron chi connectivity index (χ0n) is 17.0. The molecule has 164 valence electrons. The van der Waals surface area contributed by atoms with Crippen LogP contribution in [0.25, 0.3) is 5.57 Å². The van der Waals surface area contributed by atoms with Gasteiger partial charge in [0.15, 0.2) is 0 Å². The number of hydrogen-bond donors (Lipinski definition) is 3. The highest BCUT2D eigenvalue weighted by Crippen LogP contribution is 2.60. The Hall–Kier alpha value is -1.87. The smallest absolute Gasteiger partial charge is 0.325 e. The van der Waals surface area contributed by atoms with Crippen LogP contribution in [0.3, 0.4) is 0 Å². The lowest BCUT2D eigenvalue weighted by atomic mass is 9.69. The Bertz CT molecular complexity index is 1040. The van der Waals surface area contributed by atoms with Gasteiger partial charge in [-0.25, -0.2) is 18.0 Å². The maximum atomic E-state index is 16.2. The summed E-state index contributed by atoms with van der Waals surface area (Å²) < 4.78 is 44.4. The number of fused-ring (bicyclic) bond motifs is 2. The number of nitrogens with zero attached hydrogens (tertiary/aromatic N) is 1. The van der Waals surface area contributed by atoms with Crippen molar-refractivity contribution in [3.8, 4) is 0 Å². The molecular formula is C21H26F3N3O3. The highest BCUT2D eigenvalue weighted by molar-refractivity contribution is 5.72. The lowest BCUT2D eigenvalue weighted by Crippen LogP contribution is -2.57. The number of hydrogen-bond acceptors (Lipinski definition) is 4. The number of likely N-dealkylation sites (tertiary alicyclic amines) is 1. The van der Waals surface area contributed by atoms with Crippen molar-refractivity contribution >= 4 is 5.57 Å². The zero-order chi connectivity index (χ0) is 21.6. The van der Waals surface area contributed by atoms with E-state index < -0.39 is 46.5 Å². The van der Waals surface area contributed by atoms with Crippen LogP contribution in [-0.2, 0) is 0 Å². The Morgan fingerprint density at radius 1 is 1.13 bits per heavy atom. The quantitative estimate of drug-likeness (QED) is 0.679. The Kier molecular flexibility index (Phi) is 4.23. The van der Waals surface area contributed by atoms with Crippen LogP contribution in [0.5, 0.6) is 0 Å². The first-order chi connectivity index (χ1) is 14.1. The van der Waals surface area contributed by atoms with Gasteiger partial charge in [0.05, 0.1) is 11.1 Å². The van der Waals surface area contributed by atoms with Crippen molar-refractivity contribution in [3.05, 3.63) is 37.9 Å². The number of aromatic amines is 2. The van der Waals surface area contributed by atoms with Gasteiger partial charge < -0.3 is 10.1 Å². The van der Waals surface area contributed by atoms with Gasteiger partial charge in [-0.3, -0.25) is 14.7 Å². The van der Waals surface area contributed by atoms with E-state index in [2.05, 4.69) is 9.97 Å². The molecule has 0 radical (unpaired) electrons. The molecular weight excluding hydrogens is 399 g/mol. The molecule has 1 saturated heterocycles. The lowest BCUT2D eigenvalue weighted by Gasteiger charge is -2.49. The summed E-state index contributed by atoms with van der Waals surface area (Å²) >= 11 is 0. The van der Waals surface area contributed by atoms with E-state index in [1.165, 1.54) is 6.92 Å². The van der Waals surface area contributed by atoms with E-state index in [4.69, 9.17) is 0 Å². The summed E-state index contributed by atoms with van der Waals surface area (Å²) in [7, 11) is 0. The molecule has 0 spiro atoms. The molecule has 5 rings (SSSR count). The molecule has 2 heterocycles. The van der Waals surface area contributed by atoms with Crippen LogP contribution in [0.15, 0.2) is 15.4 Å². The molecule has 6 nitrogen and oxygen atoms in total. The molecule has 0 amide bonds. The van der Waals surface area contributed by atoms with Crippen molar-refractivity contribution in [1.82, 2.24) is 14.9 Å². The molecule has 3 aliphatic carbocycles. The minimum Gasteiger partial charge on any atom is -0.387 e. The van der Waals surface area contributed by atoms with Crippen LogP contribution in [-0.4, -0.2) is 50.6 Å². The van der Waals surface area contributed by atoms with E-state index in [1.54, 1.807) is 6.92 Å². The summed E-state index contributed by atoms with van der Waals surface area (Å²) in [6.07, 6.45) is -0.230. The van der Waals surface area contributed by atoms with E-state index in [9.17, 15) is 23.5 Å². The highest BCUT2D eigenvalue weighted by Gasteiger charge is 2.63. The summed E-state index contributed by atoms with van der Waals surface area (Å²) in [5.74, 6) is -4.85. The van der Waals surface area contributed by atoms with Gasteiger partial charge in [-0.2, -0.15) is 0 Å². The van der Waals surface area contributed by atoms with Gasteiger partial charge in [0.1, 0.15) is 11.9 Å². The van der Waals surface area contributed by atoms with Crippen LogP contribution in [0, 0.1) is 17.8 Å². The Morgan fingerprint density at radius 3 is 2.50 bits per heavy atom. The fourth-order valence-electron chi connectivity index (χ4n) is 6.45. The van der Waals surface area contributed by atoms with E-state index in [0.29, 0.717) is 12.2 Å². The molecule has 2 saturated carbocycles. The molecule has 4 aliphatic rings. The number of halogens is 3.